The van der Waals surface area contributed by atoms with Crippen molar-refractivity contribution in [2.75, 3.05) is 0 Å². The Hall–Kier alpha value is 1.64. The zero-order valence-corrected chi connectivity index (χ0v) is 4.50. The van der Waals surface area contributed by atoms with Crippen LogP contribution in [0.25, 0.3) is 0 Å². The minimum absolute atomic E-state index is 0. The van der Waals surface area contributed by atoms with Crippen LogP contribution in [0.15, 0.2) is 0 Å². The molecule has 0 aromatic carbocycles. The van der Waals surface area contributed by atoms with Gasteiger partial charge in [0.25, 0.3) is 0 Å². The molecule has 0 atom stereocenters. The SMILES string of the molecule is O.O.O.O.O.O.O.O.O.[NaH].[NaH]. The van der Waals surface area contributed by atoms with E-state index >= 15 is 0 Å². The molecule has 0 rings (SSSR count). The first-order valence-electron chi connectivity index (χ1n) is 0. The van der Waals surface area contributed by atoms with Gasteiger partial charge in [0.15, 0.2) is 0 Å². The van der Waals surface area contributed by atoms with Gasteiger partial charge in [-0.3, -0.25) is 0 Å². The van der Waals surface area contributed by atoms with E-state index in [4.69, 9.17) is 0 Å². The molecule has 9 nitrogen and oxygen atoms in total. The number of hydrogen-bond acceptors (Lipinski definition) is 0. The molecule has 0 saturated carbocycles. The zero-order chi connectivity index (χ0) is 0. The quantitative estimate of drug-likeness (QED) is 0.336. The summed E-state index contributed by atoms with van der Waals surface area (Å²) in [7, 11) is 0. The summed E-state index contributed by atoms with van der Waals surface area (Å²) >= 11 is 0. The third-order valence-electron chi connectivity index (χ3n) is 0. The Bertz CT molecular complexity index is 7.52. The standard InChI is InChI=1S/2Na.9H2O.2H/h;;9*1H2;;. The van der Waals surface area contributed by atoms with Crippen molar-refractivity contribution in [2.24, 2.45) is 0 Å². The van der Waals surface area contributed by atoms with Crippen LogP contribution in [0.5, 0.6) is 0 Å². The van der Waals surface area contributed by atoms with Crippen LogP contribution in [0.2, 0.25) is 0 Å². The molecule has 0 heterocycles. The van der Waals surface area contributed by atoms with Crippen LogP contribution in [0.4, 0.5) is 0 Å². The third-order valence-corrected chi connectivity index (χ3v) is 0. The van der Waals surface area contributed by atoms with E-state index in [1.807, 2.05) is 0 Å². The Morgan fingerprint density at radius 1 is 0.182 bits per heavy atom. The monoisotopic (exact) mass is 210 g/mol. The molecule has 18 N–H and O–H groups in total. The van der Waals surface area contributed by atoms with Gasteiger partial charge in [0.05, 0.1) is 0 Å². The summed E-state index contributed by atoms with van der Waals surface area (Å²) < 4.78 is 0. The molecule has 0 spiro atoms. The van der Waals surface area contributed by atoms with Gasteiger partial charge in [-0.05, 0) is 0 Å². The van der Waals surface area contributed by atoms with E-state index in [0.717, 1.165) is 0 Å². The summed E-state index contributed by atoms with van der Waals surface area (Å²) in [5.41, 5.74) is 0. The van der Waals surface area contributed by atoms with Crippen molar-refractivity contribution in [1.29, 1.82) is 0 Å². The fourth-order valence-corrected chi connectivity index (χ4v) is 0. The molecule has 0 bridgehead atoms. The van der Waals surface area contributed by atoms with Crippen molar-refractivity contribution in [1.82, 2.24) is 0 Å². The third kappa shape index (κ3) is 402. The second-order valence-corrected chi connectivity index (χ2v) is 0. The van der Waals surface area contributed by atoms with Crippen molar-refractivity contribution >= 4 is 59.1 Å². The topological polar surface area (TPSA) is 284 Å². The Labute approximate surface area is 108 Å². The summed E-state index contributed by atoms with van der Waals surface area (Å²) in [6.07, 6.45) is 0. The van der Waals surface area contributed by atoms with E-state index in [9.17, 15) is 0 Å². The second-order valence-electron chi connectivity index (χ2n) is 0. The number of rotatable bonds is 0. The molecule has 0 aromatic heterocycles. The van der Waals surface area contributed by atoms with Gasteiger partial charge in [0, 0.05) is 0 Å². The van der Waals surface area contributed by atoms with E-state index in [2.05, 4.69) is 0 Å². The molecule has 0 aromatic rings. The Morgan fingerprint density at radius 3 is 0.182 bits per heavy atom. The van der Waals surface area contributed by atoms with Crippen LogP contribution in [0.3, 0.4) is 0 Å². The van der Waals surface area contributed by atoms with Gasteiger partial charge >= 0.3 is 59.1 Å². The molecule has 0 saturated heterocycles. The summed E-state index contributed by atoms with van der Waals surface area (Å²) in [5, 5.41) is 0. The first kappa shape index (κ1) is 637. The summed E-state index contributed by atoms with van der Waals surface area (Å²) in [5.74, 6) is 0. The first-order chi connectivity index (χ1) is 0. The first-order valence-corrected chi connectivity index (χ1v) is 0. The predicted molar refractivity (Wildman–Crippen MR) is 46.8 cm³/mol. The molecule has 0 aliphatic carbocycles. The minimum atomic E-state index is 0. The molecule has 76 valence electrons. The maximum atomic E-state index is 0. The van der Waals surface area contributed by atoms with Gasteiger partial charge in [0.1, 0.15) is 0 Å². The molecule has 0 fully saturated rings. The molecular weight excluding hydrogens is 190 g/mol. The zero-order valence-electron chi connectivity index (χ0n) is 4.50. The summed E-state index contributed by atoms with van der Waals surface area (Å²) in [6.45, 7) is 0. The fraction of sp³-hybridized carbons (Fsp3) is 0. The average Bonchev–Trinajstić information content (AvgIpc) is 0. The normalized spacial score (nSPS) is 0. The molecule has 0 radical (unpaired) electrons. The van der Waals surface area contributed by atoms with E-state index in [1.54, 1.807) is 0 Å². The van der Waals surface area contributed by atoms with Crippen molar-refractivity contribution in [3.8, 4) is 0 Å². The van der Waals surface area contributed by atoms with E-state index < -0.39 is 0 Å². The molecule has 11 heteroatoms. The molecule has 0 amide bonds. The van der Waals surface area contributed by atoms with Gasteiger partial charge in [-0.15, -0.1) is 0 Å². The van der Waals surface area contributed by atoms with Crippen molar-refractivity contribution < 1.29 is 49.3 Å². The van der Waals surface area contributed by atoms with Crippen LogP contribution >= 0.6 is 0 Å². The van der Waals surface area contributed by atoms with Crippen LogP contribution < -0.4 is 0 Å². The van der Waals surface area contributed by atoms with Crippen molar-refractivity contribution in [3.63, 3.8) is 0 Å². The Balaban J connectivity index is 0. The molecular formula is H20Na2O9. The van der Waals surface area contributed by atoms with E-state index in [0.29, 0.717) is 0 Å². The summed E-state index contributed by atoms with van der Waals surface area (Å²) in [4.78, 5) is 0. The van der Waals surface area contributed by atoms with Crippen molar-refractivity contribution in [3.05, 3.63) is 0 Å². The Morgan fingerprint density at radius 2 is 0.182 bits per heavy atom. The van der Waals surface area contributed by atoms with Gasteiger partial charge < -0.3 is 49.3 Å². The fourth-order valence-electron chi connectivity index (χ4n) is 0. The van der Waals surface area contributed by atoms with Crippen molar-refractivity contribution in [2.45, 2.75) is 0 Å². The van der Waals surface area contributed by atoms with Crippen LogP contribution in [-0.4, -0.2) is 108 Å². The van der Waals surface area contributed by atoms with Gasteiger partial charge in [-0.25, -0.2) is 0 Å². The molecule has 11 heavy (non-hydrogen) atoms. The van der Waals surface area contributed by atoms with Crippen LogP contribution in [0, 0.1) is 0 Å². The molecule has 0 aliphatic rings. The second kappa shape index (κ2) is 490. The van der Waals surface area contributed by atoms with Gasteiger partial charge in [0.2, 0.25) is 0 Å². The Kier molecular flexibility index (Phi) is 28400. The van der Waals surface area contributed by atoms with E-state index in [-0.39, 0.29) is 108 Å². The molecule has 0 aliphatic heterocycles. The van der Waals surface area contributed by atoms with E-state index in [1.165, 1.54) is 0 Å². The summed E-state index contributed by atoms with van der Waals surface area (Å²) in [6, 6.07) is 0. The maximum absolute atomic E-state index is 0. The molecule has 0 unspecified atom stereocenters. The number of hydrogen-bond donors (Lipinski definition) is 0. The van der Waals surface area contributed by atoms with Gasteiger partial charge in [-0.1, -0.05) is 0 Å². The predicted octanol–water partition coefficient (Wildman–Crippen LogP) is -8.72. The average molecular weight is 210 g/mol. The van der Waals surface area contributed by atoms with Gasteiger partial charge in [-0.2, -0.15) is 0 Å². The van der Waals surface area contributed by atoms with Crippen LogP contribution in [-0.2, 0) is 0 Å². The van der Waals surface area contributed by atoms with Crippen LogP contribution in [0.1, 0.15) is 0 Å².